The molecule has 0 radical (unpaired) electrons. The first-order chi connectivity index (χ1) is 14.1. The number of aliphatic imine (C=N–C) groups is 1. The molecule has 0 spiro atoms. The van der Waals surface area contributed by atoms with Gasteiger partial charge in [0, 0.05) is 33.2 Å². The van der Waals surface area contributed by atoms with Crippen LogP contribution in [0.15, 0.2) is 4.99 Å². The van der Waals surface area contributed by atoms with Crippen LogP contribution in [0.2, 0.25) is 0 Å². The third-order valence-electron chi connectivity index (χ3n) is 4.49. The van der Waals surface area contributed by atoms with Crippen molar-refractivity contribution >= 4 is 42.1 Å². The summed E-state index contributed by atoms with van der Waals surface area (Å²) < 4.78 is 10.8. The Morgan fingerprint density at radius 1 is 1.00 bits per heavy atom. The number of carbonyl (C=O) groups is 2. The van der Waals surface area contributed by atoms with Crippen molar-refractivity contribution in [3.8, 4) is 0 Å². The van der Waals surface area contributed by atoms with Gasteiger partial charge in [0.2, 0.25) is 0 Å². The lowest BCUT2D eigenvalue weighted by molar-refractivity contribution is 0.0168. The zero-order valence-corrected chi connectivity index (χ0v) is 23.6. The number of amides is 2. The molecule has 0 aromatic heterocycles. The summed E-state index contributed by atoms with van der Waals surface area (Å²) in [4.78, 5) is 30.4. The van der Waals surface area contributed by atoms with E-state index in [1.54, 1.807) is 11.9 Å². The molecule has 0 bridgehead atoms. The van der Waals surface area contributed by atoms with Gasteiger partial charge >= 0.3 is 12.2 Å². The molecule has 0 aromatic carbocycles. The Kier molecular flexibility index (Phi) is 12.1. The van der Waals surface area contributed by atoms with E-state index >= 15 is 0 Å². The first-order valence-electron chi connectivity index (χ1n) is 11.0. The van der Waals surface area contributed by atoms with Gasteiger partial charge in [0.15, 0.2) is 5.96 Å². The van der Waals surface area contributed by atoms with Crippen LogP contribution in [0.5, 0.6) is 0 Å². The first kappa shape index (κ1) is 30.5. The van der Waals surface area contributed by atoms with E-state index in [9.17, 15) is 9.59 Å². The summed E-state index contributed by atoms with van der Waals surface area (Å²) >= 11 is 0. The summed E-state index contributed by atoms with van der Waals surface area (Å²) in [5.74, 6) is 0.959. The van der Waals surface area contributed by atoms with Gasteiger partial charge < -0.3 is 30.3 Å². The summed E-state index contributed by atoms with van der Waals surface area (Å²) in [7, 11) is 1.71. The number of carbonyl (C=O) groups excluding carboxylic acids is 2. The number of hydrogen-bond donors (Lipinski definition) is 3. The molecule has 2 amide bonds. The van der Waals surface area contributed by atoms with Gasteiger partial charge in [-0.25, -0.2) is 9.59 Å². The number of alkyl carbamates (subject to hydrolysis) is 1. The standard InChI is InChI=1S/C22H43N5O4.HI/c1-20(2,3)30-18(28)26-22(7,8)15-25-17(23-9)24-13-16-11-10-12-27(14-16)19(29)31-21(4,5)6;/h16H,10-15H2,1-9H3,(H,26,28)(H2,23,24,25);1H. The molecule has 1 saturated heterocycles. The molecule has 10 heteroatoms. The first-order valence-corrected chi connectivity index (χ1v) is 11.0. The number of likely N-dealkylation sites (tertiary alicyclic amines) is 1. The molecule has 1 heterocycles. The largest absolute Gasteiger partial charge is 0.444 e. The highest BCUT2D eigenvalue weighted by atomic mass is 127. The van der Waals surface area contributed by atoms with Crippen LogP contribution in [0.4, 0.5) is 9.59 Å². The maximum atomic E-state index is 12.3. The van der Waals surface area contributed by atoms with E-state index < -0.39 is 22.8 Å². The van der Waals surface area contributed by atoms with Gasteiger partial charge in [-0.2, -0.15) is 0 Å². The maximum Gasteiger partial charge on any atom is 0.410 e. The number of ether oxygens (including phenoxy) is 2. The fourth-order valence-corrected chi connectivity index (χ4v) is 3.11. The molecule has 1 unspecified atom stereocenters. The molecule has 0 aromatic rings. The van der Waals surface area contributed by atoms with Crippen LogP contribution in [0.1, 0.15) is 68.2 Å². The molecule has 188 valence electrons. The highest BCUT2D eigenvalue weighted by molar-refractivity contribution is 14.0. The van der Waals surface area contributed by atoms with Crippen molar-refractivity contribution in [2.24, 2.45) is 10.9 Å². The SMILES string of the molecule is CN=C(NCC1CCCN(C(=O)OC(C)(C)C)C1)NCC(C)(C)NC(=O)OC(C)(C)C.I. The van der Waals surface area contributed by atoms with Gasteiger partial charge in [-0.1, -0.05) is 0 Å². The number of rotatable bonds is 5. The summed E-state index contributed by atoms with van der Waals surface area (Å²) in [5.41, 5.74) is -1.56. The molecule has 9 nitrogen and oxygen atoms in total. The number of hydrogen-bond acceptors (Lipinski definition) is 5. The topological polar surface area (TPSA) is 104 Å². The van der Waals surface area contributed by atoms with E-state index in [1.165, 1.54) is 0 Å². The lowest BCUT2D eigenvalue weighted by atomic mass is 9.98. The quantitative estimate of drug-likeness (QED) is 0.265. The third-order valence-corrected chi connectivity index (χ3v) is 4.49. The van der Waals surface area contributed by atoms with Gasteiger partial charge in [-0.05, 0) is 74.1 Å². The van der Waals surface area contributed by atoms with Crippen molar-refractivity contribution in [3.05, 3.63) is 0 Å². The average Bonchev–Trinajstić information content (AvgIpc) is 2.58. The maximum absolute atomic E-state index is 12.3. The van der Waals surface area contributed by atoms with E-state index in [0.717, 1.165) is 19.4 Å². The number of nitrogens with one attached hydrogen (secondary N) is 3. The Hall–Kier alpha value is -1.46. The van der Waals surface area contributed by atoms with Gasteiger partial charge in [0.05, 0.1) is 5.54 Å². The summed E-state index contributed by atoms with van der Waals surface area (Å²) in [6, 6.07) is 0. The third kappa shape index (κ3) is 13.2. The normalized spacial score (nSPS) is 17.7. The van der Waals surface area contributed by atoms with E-state index in [-0.39, 0.29) is 30.1 Å². The van der Waals surface area contributed by atoms with Crippen LogP contribution < -0.4 is 16.0 Å². The molecule has 1 aliphatic rings. The summed E-state index contributed by atoms with van der Waals surface area (Å²) in [5, 5.41) is 9.44. The molecule has 0 aliphatic carbocycles. The lowest BCUT2D eigenvalue weighted by Gasteiger charge is -2.34. The van der Waals surface area contributed by atoms with Crippen molar-refractivity contribution in [2.45, 2.75) is 85.0 Å². The van der Waals surface area contributed by atoms with Crippen LogP contribution >= 0.6 is 24.0 Å². The van der Waals surface area contributed by atoms with Crippen molar-refractivity contribution < 1.29 is 19.1 Å². The predicted molar refractivity (Wildman–Crippen MR) is 139 cm³/mol. The molecular formula is C22H44IN5O4. The van der Waals surface area contributed by atoms with Crippen LogP contribution in [-0.2, 0) is 9.47 Å². The highest BCUT2D eigenvalue weighted by Crippen LogP contribution is 2.19. The van der Waals surface area contributed by atoms with E-state index in [4.69, 9.17) is 9.47 Å². The monoisotopic (exact) mass is 569 g/mol. The minimum atomic E-state index is -0.543. The van der Waals surface area contributed by atoms with Crippen LogP contribution in [0.3, 0.4) is 0 Å². The van der Waals surface area contributed by atoms with Crippen molar-refractivity contribution in [3.63, 3.8) is 0 Å². The van der Waals surface area contributed by atoms with Gasteiger partial charge in [0.1, 0.15) is 11.2 Å². The van der Waals surface area contributed by atoms with Crippen LogP contribution in [-0.4, -0.2) is 73.0 Å². The zero-order chi connectivity index (χ0) is 23.9. The number of nitrogens with zero attached hydrogens (tertiary/aromatic N) is 2. The molecule has 0 saturated carbocycles. The molecule has 1 fully saturated rings. The van der Waals surface area contributed by atoms with E-state index in [1.807, 2.05) is 55.4 Å². The minimum absolute atomic E-state index is 0. The van der Waals surface area contributed by atoms with Crippen molar-refractivity contribution in [1.29, 1.82) is 0 Å². The van der Waals surface area contributed by atoms with Gasteiger partial charge in [0.25, 0.3) is 0 Å². The second-order valence-corrected chi connectivity index (χ2v) is 10.8. The molecule has 1 rings (SSSR count). The summed E-state index contributed by atoms with van der Waals surface area (Å²) in [6.07, 6.45) is 1.28. The molecule has 1 aliphatic heterocycles. The fraction of sp³-hybridized carbons (Fsp3) is 0.864. The number of halogens is 1. The molecule has 1 atom stereocenters. The van der Waals surface area contributed by atoms with Crippen LogP contribution in [0.25, 0.3) is 0 Å². The Morgan fingerprint density at radius 3 is 2.12 bits per heavy atom. The van der Waals surface area contributed by atoms with Crippen LogP contribution in [0, 0.1) is 5.92 Å². The Bertz CT molecular complexity index is 641. The lowest BCUT2D eigenvalue weighted by Crippen LogP contribution is -2.54. The molecule has 3 N–H and O–H groups in total. The van der Waals surface area contributed by atoms with Gasteiger partial charge in [-0.15, -0.1) is 24.0 Å². The highest BCUT2D eigenvalue weighted by Gasteiger charge is 2.28. The van der Waals surface area contributed by atoms with Crippen molar-refractivity contribution in [1.82, 2.24) is 20.9 Å². The van der Waals surface area contributed by atoms with Gasteiger partial charge in [-0.3, -0.25) is 4.99 Å². The van der Waals surface area contributed by atoms with E-state index in [0.29, 0.717) is 31.5 Å². The summed E-state index contributed by atoms with van der Waals surface area (Å²) in [6.45, 7) is 17.5. The fourth-order valence-electron chi connectivity index (χ4n) is 3.11. The Morgan fingerprint density at radius 2 is 1.59 bits per heavy atom. The zero-order valence-electron chi connectivity index (χ0n) is 21.3. The molecular weight excluding hydrogens is 525 g/mol. The Labute approximate surface area is 210 Å². The number of piperidine rings is 1. The predicted octanol–water partition coefficient (Wildman–Crippen LogP) is 3.72. The second-order valence-electron chi connectivity index (χ2n) is 10.8. The van der Waals surface area contributed by atoms with Crippen molar-refractivity contribution in [2.75, 3.05) is 33.2 Å². The smallest absolute Gasteiger partial charge is 0.410 e. The average molecular weight is 570 g/mol. The minimum Gasteiger partial charge on any atom is -0.444 e. The number of guanidine groups is 1. The van der Waals surface area contributed by atoms with E-state index in [2.05, 4.69) is 20.9 Å². The Balaban J connectivity index is 0.00000961. The second kappa shape index (κ2) is 12.7. The molecule has 32 heavy (non-hydrogen) atoms.